The molecule has 0 atom stereocenters. The third-order valence-corrected chi connectivity index (χ3v) is 5.34. The van der Waals surface area contributed by atoms with Gasteiger partial charge < -0.3 is 4.42 Å². The van der Waals surface area contributed by atoms with Crippen molar-refractivity contribution in [3.05, 3.63) is 70.3 Å². The van der Waals surface area contributed by atoms with Crippen molar-refractivity contribution in [3.63, 3.8) is 0 Å². The Balaban J connectivity index is 1.75. The van der Waals surface area contributed by atoms with Crippen LogP contribution in [0.4, 0.5) is 0 Å². The Morgan fingerprint density at radius 1 is 1.28 bits per heavy atom. The number of benzene rings is 1. The van der Waals surface area contributed by atoms with Gasteiger partial charge in [0.05, 0.1) is 17.9 Å². The molecule has 0 fully saturated rings. The summed E-state index contributed by atoms with van der Waals surface area (Å²) >= 11 is 3.09. The maximum Gasteiger partial charge on any atom is 0.283 e. The molecule has 0 aliphatic carbocycles. The van der Waals surface area contributed by atoms with Gasteiger partial charge in [-0.05, 0) is 36.1 Å². The Morgan fingerprint density at radius 3 is 2.84 bits per heavy atom. The highest BCUT2D eigenvalue weighted by Gasteiger charge is 2.14. The van der Waals surface area contributed by atoms with Gasteiger partial charge in [-0.1, -0.05) is 12.1 Å². The summed E-state index contributed by atoms with van der Waals surface area (Å²) in [4.78, 5) is 19.0. The van der Waals surface area contributed by atoms with Crippen LogP contribution < -0.4 is 5.56 Å². The van der Waals surface area contributed by atoms with Crippen LogP contribution in [0.1, 0.15) is 5.56 Å². The zero-order valence-corrected chi connectivity index (χ0v) is 14.9. The van der Waals surface area contributed by atoms with Crippen LogP contribution in [0.5, 0.6) is 0 Å². The average molecular weight is 367 g/mol. The van der Waals surface area contributed by atoms with E-state index in [0.717, 1.165) is 11.1 Å². The van der Waals surface area contributed by atoms with E-state index in [1.807, 2.05) is 42.0 Å². The lowest BCUT2D eigenvalue weighted by molar-refractivity contribution is 0.583. The van der Waals surface area contributed by atoms with Crippen LogP contribution in [0.15, 0.2) is 73.6 Å². The zero-order valence-electron chi connectivity index (χ0n) is 13.2. The van der Waals surface area contributed by atoms with Crippen LogP contribution >= 0.6 is 23.1 Å². The lowest BCUT2D eigenvalue weighted by Crippen LogP contribution is -2.16. The van der Waals surface area contributed by atoms with Crippen molar-refractivity contribution >= 4 is 39.5 Å². The van der Waals surface area contributed by atoms with Gasteiger partial charge >= 0.3 is 0 Å². The number of thiophene rings is 1. The first kappa shape index (κ1) is 15.9. The van der Waals surface area contributed by atoms with Crippen LogP contribution in [-0.4, -0.2) is 22.1 Å². The minimum absolute atomic E-state index is 0.213. The molecule has 0 amide bonds. The summed E-state index contributed by atoms with van der Waals surface area (Å²) in [6.45, 7) is 0. The Labute approximate surface area is 151 Å². The fraction of sp³-hybridized carbons (Fsp3) is 0.0556. The molecule has 3 heterocycles. The Hall–Kier alpha value is -2.64. The van der Waals surface area contributed by atoms with E-state index in [1.165, 1.54) is 27.2 Å². The minimum Gasteiger partial charge on any atom is -0.464 e. The number of fused-ring (bicyclic) bond motifs is 1. The number of nitrogens with zero attached hydrogens (tertiary/aromatic N) is 3. The number of thioether (sulfide) groups is 1. The number of rotatable bonds is 4. The van der Waals surface area contributed by atoms with Crippen LogP contribution in [0, 0.1) is 0 Å². The quantitative estimate of drug-likeness (QED) is 0.398. The highest BCUT2D eigenvalue weighted by atomic mass is 32.2. The first-order valence-corrected chi connectivity index (χ1v) is 9.58. The summed E-state index contributed by atoms with van der Waals surface area (Å²) in [7, 11) is 0. The molecule has 0 unspecified atom stereocenters. The standard InChI is InChI=1S/C18H13N3O2S2/c1-24-13-6-4-12(5-7-13)9-20-21-11-19-17-16(18(21)22)14(10-25-17)15-3-2-8-23-15/h2-11H,1H3/b20-9-. The molecule has 0 aliphatic rings. The van der Waals surface area contributed by atoms with Crippen LogP contribution in [-0.2, 0) is 0 Å². The average Bonchev–Trinajstić information content (AvgIpc) is 3.31. The molecule has 0 aliphatic heterocycles. The second-order valence-electron chi connectivity index (χ2n) is 5.22. The molecule has 1 aromatic carbocycles. The van der Waals surface area contributed by atoms with Gasteiger partial charge in [0, 0.05) is 15.8 Å². The predicted octanol–water partition coefficient (Wildman–Crippen LogP) is 4.32. The second kappa shape index (κ2) is 6.70. The molecule has 124 valence electrons. The van der Waals surface area contributed by atoms with Crippen molar-refractivity contribution in [1.29, 1.82) is 0 Å². The molecule has 4 aromatic rings. The first-order chi connectivity index (χ1) is 12.3. The largest absolute Gasteiger partial charge is 0.464 e. The second-order valence-corrected chi connectivity index (χ2v) is 6.96. The van der Waals surface area contributed by atoms with E-state index in [1.54, 1.807) is 30.3 Å². The Bertz CT molecular complexity index is 1090. The highest BCUT2D eigenvalue weighted by Crippen LogP contribution is 2.30. The monoisotopic (exact) mass is 367 g/mol. The van der Waals surface area contributed by atoms with Crippen molar-refractivity contribution < 1.29 is 4.42 Å². The third kappa shape index (κ3) is 3.04. The SMILES string of the molecule is CSc1ccc(/C=N\n2cnc3scc(-c4ccco4)c3c2=O)cc1. The first-order valence-electron chi connectivity index (χ1n) is 7.47. The molecule has 0 saturated heterocycles. The molecule has 25 heavy (non-hydrogen) atoms. The van der Waals surface area contributed by atoms with Crippen molar-refractivity contribution in [2.75, 3.05) is 6.26 Å². The molecule has 3 aromatic heterocycles. The Morgan fingerprint density at radius 2 is 2.12 bits per heavy atom. The molecule has 5 nitrogen and oxygen atoms in total. The van der Waals surface area contributed by atoms with E-state index in [2.05, 4.69) is 10.1 Å². The molecule has 0 bridgehead atoms. The summed E-state index contributed by atoms with van der Waals surface area (Å²) < 4.78 is 6.68. The van der Waals surface area contributed by atoms with E-state index >= 15 is 0 Å². The highest BCUT2D eigenvalue weighted by molar-refractivity contribution is 7.98. The number of hydrogen-bond donors (Lipinski definition) is 0. The molecular formula is C18H13N3O2S2. The predicted molar refractivity (Wildman–Crippen MR) is 103 cm³/mol. The van der Waals surface area contributed by atoms with E-state index in [9.17, 15) is 4.79 Å². The van der Waals surface area contributed by atoms with Gasteiger partial charge in [0.25, 0.3) is 5.56 Å². The van der Waals surface area contributed by atoms with Crippen LogP contribution in [0.2, 0.25) is 0 Å². The van der Waals surface area contributed by atoms with Gasteiger partial charge in [-0.3, -0.25) is 4.79 Å². The van der Waals surface area contributed by atoms with E-state index in [0.29, 0.717) is 16.0 Å². The van der Waals surface area contributed by atoms with E-state index in [-0.39, 0.29) is 5.56 Å². The lowest BCUT2D eigenvalue weighted by atomic mass is 10.2. The molecule has 0 radical (unpaired) electrons. The topological polar surface area (TPSA) is 60.4 Å². The summed E-state index contributed by atoms with van der Waals surface area (Å²) in [6.07, 6.45) is 6.71. The van der Waals surface area contributed by atoms with Crippen molar-refractivity contribution in [3.8, 4) is 11.3 Å². The number of hydrogen-bond acceptors (Lipinski definition) is 6. The molecule has 4 rings (SSSR count). The van der Waals surface area contributed by atoms with Crippen molar-refractivity contribution in [1.82, 2.24) is 9.66 Å². The van der Waals surface area contributed by atoms with E-state index < -0.39 is 0 Å². The van der Waals surface area contributed by atoms with Gasteiger partial charge in [0.2, 0.25) is 0 Å². The lowest BCUT2D eigenvalue weighted by Gasteiger charge is -2.00. The van der Waals surface area contributed by atoms with Gasteiger partial charge in [0.1, 0.15) is 16.9 Å². The van der Waals surface area contributed by atoms with Gasteiger partial charge in [0.15, 0.2) is 0 Å². The normalized spacial score (nSPS) is 11.6. The van der Waals surface area contributed by atoms with Gasteiger partial charge in [-0.2, -0.15) is 9.78 Å². The molecule has 0 N–H and O–H groups in total. The smallest absolute Gasteiger partial charge is 0.283 e. The molecule has 0 saturated carbocycles. The maximum absolute atomic E-state index is 12.8. The third-order valence-electron chi connectivity index (χ3n) is 3.71. The van der Waals surface area contributed by atoms with Crippen molar-refractivity contribution in [2.45, 2.75) is 4.90 Å². The summed E-state index contributed by atoms with van der Waals surface area (Å²) in [5, 5.41) is 6.67. The van der Waals surface area contributed by atoms with Gasteiger partial charge in [-0.15, -0.1) is 23.1 Å². The molecule has 0 spiro atoms. The molecular weight excluding hydrogens is 354 g/mol. The summed E-state index contributed by atoms with van der Waals surface area (Å²) in [6, 6.07) is 11.6. The van der Waals surface area contributed by atoms with Crippen molar-refractivity contribution in [2.24, 2.45) is 5.10 Å². The Kier molecular flexibility index (Phi) is 4.25. The van der Waals surface area contributed by atoms with Crippen LogP contribution in [0.25, 0.3) is 21.5 Å². The number of furan rings is 1. The zero-order chi connectivity index (χ0) is 17.2. The number of aromatic nitrogens is 2. The minimum atomic E-state index is -0.213. The van der Waals surface area contributed by atoms with E-state index in [4.69, 9.17) is 4.42 Å². The van der Waals surface area contributed by atoms with Gasteiger partial charge in [-0.25, -0.2) is 4.98 Å². The summed E-state index contributed by atoms with van der Waals surface area (Å²) in [5.74, 6) is 0.652. The van der Waals surface area contributed by atoms with Crippen LogP contribution in [0.3, 0.4) is 0 Å². The maximum atomic E-state index is 12.8. The molecule has 7 heteroatoms. The fourth-order valence-corrected chi connectivity index (χ4v) is 3.73. The summed E-state index contributed by atoms with van der Waals surface area (Å²) in [5.41, 5.74) is 1.45. The fourth-order valence-electron chi connectivity index (χ4n) is 2.44.